The Morgan fingerprint density at radius 3 is 1.61 bits per heavy atom. The van der Waals surface area contributed by atoms with Crippen molar-refractivity contribution in [2.75, 3.05) is 0 Å². The summed E-state index contributed by atoms with van der Waals surface area (Å²) in [4.78, 5) is 0. The SMILES string of the molecule is CCCCCCCCCCCC[n+]1ccccc1CCC.[Cl-].c1cc2ccc1-2. The van der Waals surface area contributed by atoms with Gasteiger partial charge in [0.15, 0.2) is 11.9 Å². The van der Waals surface area contributed by atoms with Crippen LogP contribution >= 0.6 is 0 Å². The van der Waals surface area contributed by atoms with Gasteiger partial charge in [-0.05, 0) is 24.0 Å². The van der Waals surface area contributed by atoms with Crippen molar-refractivity contribution in [2.45, 2.75) is 97.4 Å². The Morgan fingerprint density at radius 1 is 0.607 bits per heavy atom. The van der Waals surface area contributed by atoms with Crippen LogP contribution in [0, 0.1) is 0 Å². The maximum atomic E-state index is 2.45. The van der Waals surface area contributed by atoms with E-state index in [1.54, 1.807) is 0 Å². The number of nitrogens with zero attached hydrogens (tertiary/aromatic N) is 1. The van der Waals surface area contributed by atoms with Crippen molar-refractivity contribution in [3.8, 4) is 11.1 Å². The summed E-state index contributed by atoms with van der Waals surface area (Å²) in [5.41, 5.74) is 4.35. The smallest absolute Gasteiger partial charge is 0.181 e. The Labute approximate surface area is 180 Å². The number of fused-ring (bicyclic) bond motifs is 1. The summed E-state index contributed by atoms with van der Waals surface area (Å²) >= 11 is 0. The van der Waals surface area contributed by atoms with Crippen molar-refractivity contribution in [1.82, 2.24) is 0 Å². The Morgan fingerprint density at radius 2 is 1.14 bits per heavy atom. The number of aryl methyl sites for hydroxylation is 2. The van der Waals surface area contributed by atoms with Gasteiger partial charge in [0.2, 0.25) is 0 Å². The van der Waals surface area contributed by atoms with Gasteiger partial charge in [-0.25, -0.2) is 4.57 Å². The standard InChI is InChI=1S/C20H36N.C6H4.ClH/c1-3-5-6-7-8-9-10-11-12-14-18-21-19-15-13-17-20(21)16-4-2;1-2-6-4-3-5(1)6;/h13,15,17,19H,3-12,14,16,18H2,1-2H3;1-4H;1H/q+1;;/p-1. The lowest BCUT2D eigenvalue weighted by molar-refractivity contribution is -0.704. The zero-order valence-corrected chi connectivity index (χ0v) is 18.9. The van der Waals surface area contributed by atoms with Crippen molar-refractivity contribution in [3.05, 3.63) is 54.4 Å². The average molecular weight is 402 g/mol. The van der Waals surface area contributed by atoms with Gasteiger partial charge in [0.05, 0.1) is 0 Å². The minimum absolute atomic E-state index is 0. The average Bonchev–Trinajstić information content (AvgIpc) is 2.68. The van der Waals surface area contributed by atoms with E-state index in [0.717, 1.165) is 0 Å². The van der Waals surface area contributed by atoms with E-state index in [1.807, 2.05) is 0 Å². The Hall–Kier alpha value is -1.34. The van der Waals surface area contributed by atoms with E-state index in [2.05, 4.69) is 67.1 Å². The molecule has 0 saturated heterocycles. The highest BCUT2D eigenvalue weighted by Gasteiger charge is 2.07. The van der Waals surface area contributed by atoms with Crippen LogP contribution in [0.15, 0.2) is 48.7 Å². The molecule has 0 atom stereocenters. The monoisotopic (exact) mass is 401 g/mol. The Kier molecular flexibility index (Phi) is 13.7. The summed E-state index contributed by atoms with van der Waals surface area (Å²) < 4.78 is 2.45. The van der Waals surface area contributed by atoms with Gasteiger partial charge in [0.25, 0.3) is 0 Å². The number of pyridine rings is 1. The molecule has 1 heterocycles. The van der Waals surface area contributed by atoms with E-state index in [-0.39, 0.29) is 12.4 Å². The molecule has 0 radical (unpaired) electrons. The lowest BCUT2D eigenvalue weighted by Crippen LogP contribution is -3.00. The summed E-state index contributed by atoms with van der Waals surface area (Å²) in [5.74, 6) is 0. The second-order valence-electron chi connectivity index (χ2n) is 7.89. The normalized spacial score (nSPS) is 10.6. The Bertz CT molecular complexity index is 600. The molecular formula is C26H40ClN. The zero-order chi connectivity index (χ0) is 19.2. The molecule has 0 amide bonds. The van der Waals surface area contributed by atoms with E-state index in [1.165, 1.54) is 100 Å². The predicted octanol–water partition coefficient (Wildman–Crippen LogP) is 4.52. The second kappa shape index (κ2) is 15.6. The quantitative estimate of drug-likeness (QED) is 0.293. The molecule has 0 unspecified atom stereocenters. The molecule has 1 aromatic rings. The van der Waals surface area contributed by atoms with Gasteiger partial charge in [-0.3, -0.25) is 0 Å². The first-order valence-corrected chi connectivity index (χ1v) is 11.4. The van der Waals surface area contributed by atoms with Gasteiger partial charge in [-0.1, -0.05) is 95.5 Å². The molecule has 2 aliphatic carbocycles. The number of hydrogen-bond donors (Lipinski definition) is 0. The van der Waals surface area contributed by atoms with E-state index in [0.29, 0.717) is 0 Å². The Balaban J connectivity index is 0.000000465. The fourth-order valence-electron chi connectivity index (χ4n) is 3.65. The van der Waals surface area contributed by atoms with Crippen LogP contribution in [0.2, 0.25) is 0 Å². The summed E-state index contributed by atoms with van der Waals surface area (Å²) in [6.45, 7) is 5.75. The molecule has 3 rings (SSSR count). The third-order valence-electron chi connectivity index (χ3n) is 5.51. The highest BCUT2D eigenvalue weighted by Crippen LogP contribution is 2.29. The van der Waals surface area contributed by atoms with Gasteiger partial charge in [0, 0.05) is 25.0 Å². The molecule has 0 aromatic carbocycles. The van der Waals surface area contributed by atoms with Crippen LogP contribution < -0.4 is 17.0 Å². The topological polar surface area (TPSA) is 3.88 Å². The maximum Gasteiger partial charge on any atom is 0.181 e. The summed E-state index contributed by atoms with van der Waals surface area (Å²) in [6, 6.07) is 15.1. The van der Waals surface area contributed by atoms with Crippen molar-refractivity contribution in [3.63, 3.8) is 0 Å². The molecule has 1 aromatic heterocycles. The minimum Gasteiger partial charge on any atom is -1.00 e. The molecular weight excluding hydrogens is 362 g/mol. The molecule has 0 saturated carbocycles. The first-order valence-electron chi connectivity index (χ1n) is 11.4. The molecule has 2 aliphatic rings. The van der Waals surface area contributed by atoms with Crippen LogP contribution in [0.25, 0.3) is 11.1 Å². The van der Waals surface area contributed by atoms with Gasteiger partial charge < -0.3 is 12.4 Å². The molecule has 2 heteroatoms. The van der Waals surface area contributed by atoms with Crippen LogP contribution in [-0.4, -0.2) is 0 Å². The van der Waals surface area contributed by atoms with Crippen molar-refractivity contribution in [1.29, 1.82) is 0 Å². The summed E-state index contributed by atoms with van der Waals surface area (Å²) in [7, 11) is 0. The van der Waals surface area contributed by atoms with Gasteiger partial charge in [-0.15, -0.1) is 0 Å². The van der Waals surface area contributed by atoms with Gasteiger partial charge in [-0.2, -0.15) is 0 Å². The zero-order valence-electron chi connectivity index (χ0n) is 18.1. The van der Waals surface area contributed by atoms with Crippen LogP contribution in [0.3, 0.4) is 0 Å². The summed E-state index contributed by atoms with van der Waals surface area (Å²) in [6.07, 6.45) is 18.9. The molecule has 0 aliphatic heterocycles. The fourth-order valence-corrected chi connectivity index (χ4v) is 3.65. The third kappa shape index (κ3) is 9.24. The van der Waals surface area contributed by atoms with Crippen LogP contribution in [0.4, 0.5) is 0 Å². The minimum atomic E-state index is 0. The first kappa shape index (κ1) is 24.7. The summed E-state index contributed by atoms with van der Waals surface area (Å²) in [5, 5.41) is 0. The van der Waals surface area contributed by atoms with E-state index in [9.17, 15) is 0 Å². The lowest BCUT2D eigenvalue weighted by Gasteiger charge is -2.10. The third-order valence-corrected chi connectivity index (χ3v) is 5.51. The van der Waals surface area contributed by atoms with E-state index in [4.69, 9.17) is 0 Å². The highest BCUT2D eigenvalue weighted by atomic mass is 35.5. The molecule has 0 fully saturated rings. The molecule has 156 valence electrons. The first-order chi connectivity index (χ1) is 13.3. The van der Waals surface area contributed by atoms with Gasteiger partial charge >= 0.3 is 0 Å². The molecule has 28 heavy (non-hydrogen) atoms. The molecule has 0 bridgehead atoms. The predicted molar refractivity (Wildman–Crippen MR) is 118 cm³/mol. The van der Waals surface area contributed by atoms with Crippen molar-refractivity contribution >= 4 is 0 Å². The number of aromatic nitrogens is 1. The fraction of sp³-hybridized carbons (Fsp3) is 0.577. The second-order valence-corrected chi connectivity index (χ2v) is 7.89. The van der Waals surface area contributed by atoms with Crippen molar-refractivity contribution < 1.29 is 17.0 Å². The lowest BCUT2D eigenvalue weighted by atomic mass is 9.95. The number of halogens is 1. The van der Waals surface area contributed by atoms with Crippen LogP contribution in [0.1, 0.15) is 90.2 Å². The van der Waals surface area contributed by atoms with Gasteiger partial charge in [0.1, 0.15) is 6.54 Å². The largest absolute Gasteiger partial charge is 1.00 e. The molecule has 1 nitrogen and oxygen atoms in total. The number of unbranched alkanes of at least 4 members (excludes halogenated alkanes) is 9. The van der Waals surface area contributed by atoms with E-state index < -0.39 is 0 Å². The van der Waals surface area contributed by atoms with Crippen LogP contribution in [0.5, 0.6) is 0 Å². The van der Waals surface area contributed by atoms with Crippen molar-refractivity contribution in [2.24, 2.45) is 0 Å². The maximum absolute atomic E-state index is 2.45. The number of benzene rings is 1. The van der Waals surface area contributed by atoms with E-state index >= 15 is 0 Å². The molecule has 0 spiro atoms. The highest BCUT2D eigenvalue weighted by molar-refractivity contribution is 5.75. The van der Waals surface area contributed by atoms with Crippen LogP contribution in [-0.2, 0) is 13.0 Å². The number of hydrogen-bond acceptors (Lipinski definition) is 0. The molecule has 0 N–H and O–H groups in total. The number of rotatable bonds is 13.